The van der Waals surface area contributed by atoms with Crippen molar-refractivity contribution in [2.24, 2.45) is 17.6 Å². The summed E-state index contributed by atoms with van der Waals surface area (Å²) in [6.07, 6.45) is 0. The first kappa shape index (κ1) is 12.6. The van der Waals surface area contributed by atoms with Gasteiger partial charge in [0.15, 0.2) is 5.78 Å². The Balaban J connectivity index is 4.61. The zero-order valence-electron chi connectivity index (χ0n) is 7.66. The summed E-state index contributed by atoms with van der Waals surface area (Å²) in [7, 11) is 0. The summed E-state index contributed by atoms with van der Waals surface area (Å²) in [5.74, 6) is -2.76. The van der Waals surface area contributed by atoms with Gasteiger partial charge in [0.25, 0.3) is 0 Å². The molecule has 0 aromatic heterocycles. The van der Waals surface area contributed by atoms with E-state index >= 15 is 0 Å². The Morgan fingerprint density at radius 1 is 1.46 bits per heavy atom. The van der Waals surface area contributed by atoms with Crippen LogP contribution in [0.25, 0.3) is 0 Å². The van der Waals surface area contributed by atoms with Crippen LogP contribution in [0.5, 0.6) is 0 Å². The molecule has 3 N–H and O–H groups in total. The maximum atomic E-state index is 11.4. The quantitative estimate of drug-likeness (QED) is 0.555. The summed E-state index contributed by atoms with van der Waals surface area (Å²) in [4.78, 5) is 22.1. The number of carboxylic acid groups (broad SMARTS) is 1. The molecular formula is C8H14BrNO3. The summed E-state index contributed by atoms with van der Waals surface area (Å²) in [6, 6.07) is -0.720. The highest BCUT2D eigenvalue weighted by Gasteiger charge is 2.32. The number of carbonyl (C=O) groups is 2. The van der Waals surface area contributed by atoms with E-state index in [9.17, 15) is 9.59 Å². The summed E-state index contributed by atoms with van der Waals surface area (Å²) in [5.41, 5.74) is 5.34. The summed E-state index contributed by atoms with van der Waals surface area (Å²) >= 11 is 3.14. The number of rotatable bonds is 5. The molecule has 0 radical (unpaired) electrons. The first-order chi connectivity index (χ1) is 5.91. The highest BCUT2D eigenvalue weighted by molar-refractivity contribution is 9.09. The SMILES string of the molecule is CC(CBr)C(C(=O)O)C(=O)[C@H](C)N. The fourth-order valence-corrected chi connectivity index (χ4v) is 1.39. The van der Waals surface area contributed by atoms with Crippen molar-refractivity contribution in [1.82, 2.24) is 0 Å². The van der Waals surface area contributed by atoms with Crippen molar-refractivity contribution < 1.29 is 14.7 Å². The van der Waals surface area contributed by atoms with E-state index in [2.05, 4.69) is 15.9 Å². The predicted molar refractivity (Wildman–Crippen MR) is 52.7 cm³/mol. The lowest BCUT2D eigenvalue weighted by Crippen LogP contribution is -2.40. The number of aliphatic carboxylic acids is 1. The lowest BCUT2D eigenvalue weighted by atomic mass is 9.89. The molecule has 0 rings (SSSR count). The van der Waals surface area contributed by atoms with Gasteiger partial charge in [-0.3, -0.25) is 9.59 Å². The Morgan fingerprint density at radius 2 is 1.92 bits per heavy atom. The Hall–Kier alpha value is -0.420. The van der Waals surface area contributed by atoms with Crippen LogP contribution in [0.4, 0.5) is 0 Å². The molecular weight excluding hydrogens is 238 g/mol. The molecule has 5 heteroatoms. The molecule has 0 saturated carbocycles. The fourth-order valence-electron chi connectivity index (χ4n) is 1.02. The average Bonchev–Trinajstić information content (AvgIpc) is 2.03. The first-order valence-electron chi connectivity index (χ1n) is 3.99. The number of carbonyl (C=O) groups excluding carboxylic acids is 1. The fraction of sp³-hybridized carbons (Fsp3) is 0.750. The van der Waals surface area contributed by atoms with Crippen LogP contribution in [0.2, 0.25) is 0 Å². The number of hydrogen-bond donors (Lipinski definition) is 2. The molecule has 0 aliphatic heterocycles. The van der Waals surface area contributed by atoms with Gasteiger partial charge < -0.3 is 10.8 Å². The summed E-state index contributed by atoms with van der Waals surface area (Å²) < 4.78 is 0. The van der Waals surface area contributed by atoms with Crippen LogP contribution in [0.15, 0.2) is 0 Å². The van der Waals surface area contributed by atoms with E-state index in [1.54, 1.807) is 6.92 Å². The Kier molecular flexibility index (Phi) is 5.17. The maximum Gasteiger partial charge on any atom is 0.314 e. The highest BCUT2D eigenvalue weighted by Crippen LogP contribution is 2.16. The van der Waals surface area contributed by atoms with Gasteiger partial charge in [0.2, 0.25) is 0 Å². The van der Waals surface area contributed by atoms with Gasteiger partial charge >= 0.3 is 5.97 Å². The Morgan fingerprint density at radius 3 is 2.15 bits per heavy atom. The molecule has 0 aliphatic rings. The summed E-state index contributed by atoms with van der Waals surface area (Å²) in [5, 5.41) is 9.27. The van der Waals surface area contributed by atoms with Crippen LogP contribution in [0, 0.1) is 11.8 Å². The van der Waals surface area contributed by atoms with Gasteiger partial charge in [0, 0.05) is 5.33 Å². The van der Waals surface area contributed by atoms with Crippen LogP contribution in [0.3, 0.4) is 0 Å². The minimum atomic E-state index is -1.10. The van der Waals surface area contributed by atoms with Crippen LogP contribution >= 0.6 is 15.9 Å². The third-order valence-corrected chi connectivity index (χ3v) is 2.86. The average molecular weight is 252 g/mol. The Bertz CT molecular complexity index is 206. The topological polar surface area (TPSA) is 80.4 Å². The van der Waals surface area contributed by atoms with Gasteiger partial charge in [-0.05, 0) is 12.8 Å². The molecule has 0 amide bonds. The van der Waals surface area contributed by atoms with Crippen LogP contribution in [-0.4, -0.2) is 28.2 Å². The van der Waals surface area contributed by atoms with Gasteiger partial charge in [-0.25, -0.2) is 0 Å². The zero-order valence-corrected chi connectivity index (χ0v) is 9.24. The van der Waals surface area contributed by atoms with Gasteiger partial charge in [-0.15, -0.1) is 0 Å². The summed E-state index contributed by atoms with van der Waals surface area (Å²) in [6.45, 7) is 3.20. The largest absolute Gasteiger partial charge is 0.481 e. The van der Waals surface area contributed by atoms with Gasteiger partial charge in [-0.2, -0.15) is 0 Å². The molecule has 2 unspecified atom stereocenters. The number of alkyl halides is 1. The molecule has 13 heavy (non-hydrogen) atoms. The molecule has 4 nitrogen and oxygen atoms in total. The van der Waals surface area contributed by atoms with E-state index in [4.69, 9.17) is 10.8 Å². The van der Waals surface area contributed by atoms with E-state index in [0.29, 0.717) is 5.33 Å². The lowest BCUT2D eigenvalue weighted by molar-refractivity contribution is -0.148. The van der Waals surface area contributed by atoms with Crippen molar-refractivity contribution in [3.8, 4) is 0 Å². The normalized spacial score (nSPS) is 17.5. The van der Waals surface area contributed by atoms with E-state index in [1.165, 1.54) is 6.92 Å². The van der Waals surface area contributed by atoms with Crippen molar-refractivity contribution in [2.45, 2.75) is 19.9 Å². The van der Waals surface area contributed by atoms with Crippen molar-refractivity contribution in [3.05, 3.63) is 0 Å². The second kappa shape index (κ2) is 5.34. The number of ketones is 1. The monoisotopic (exact) mass is 251 g/mol. The van der Waals surface area contributed by atoms with Gasteiger partial charge in [0.05, 0.1) is 6.04 Å². The third kappa shape index (κ3) is 3.44. The molecule has 0 saturated heterocycles. The third-order valence-electron chi connectivity index (χ3n) is 1.83. The van der Waals surface area contributed by atoms with Crippen LogP contribution < -0.4 is 5.73 Å². The second-order valence-electron chi connectivity index (χ2n) is 3.14. The van der Waals surface area contributed by atoms with Crippen molar-refractivity contribution >= 4 is 27.7 Å². The first-order valence-corrected chi connectivity index (χ1v) is 5.12. The smallest absolute Gasteiger partial charge is 0.314 e. The van der Waals surface area contributed by atoms with Gasteiger partial charge in [0.1, 0.15) is 5.92 Å². The molecule has 0 aromatic rings. The molecule has 0 aliphatic carbocycles. The molecule has 0 bridgehead atoms. The zero-order chi connectivity index (χ0) is 10.6. The van der Waals surface area contributed by atoms with Crippen LogP contribution in [-0.2, 0) is 9.59 Å². The van der Waals surface area contributed by atoms with Crippen molar-refractivity contribution in [3.63, 3.8) is 0 Å². The van der Waals surface area contributed by atoms with Crippen molar-refractivity contribution in [2.75, 3.05) is 5.33 Å². The molecule has 3 atom stereocenters. The lowest BCUT2D eigenvalue weighted by Gasteiger charge is -2.18. The predicted octanol–water partition coefficient (Wildman–Crippen LogP) is 0.634. The van der Waals surface area contributed by atoms with Crippen molar-refractivity contribution in [1.29, 1.82) is 0 Å². The number of carboxylic acids is 1. The van der Waals surface area contributed by atoms with E-state index in [-0.39, 0.29) is 5.92 Å². The van der Waals surface area contributed by atoms with E-state index in [1.807, 2.05) is 0 Å². The number of Topliss-reactive ketones (excluding diaryl/α,β-unsaturated/α-hetero) is 1. The standard InChI is InChI=1S/C8H14BrNO3/c1-4(3-9)6(8(12)13)7(11)5(2)10/h4-6H,3,10H2,1-2H3,(H,12,13)/t4?,5-,6?/m0/s1. The minimum Gasteiger partial charge on any atom is -0.481 e. The van der Waals surface area contributed by atoms with Crippen LogP contribution in [0.1, 0.15) is 13.8 Å². The van der Waals surface area contributed by atoms with E-state index in [0.717, 1.165) is 0 Å². The Labute approximate surface area is 85.6 Å². The maximum absolute atomic E-state index is 11.4. The molecule has 0 aromatic carbocycles. The molecule has 0 spiro atoms. The molecule has 76 valence electrons. The highest BCUT2D eigenvalue weighted by atomic mass is 79.9. The number of hydrogen-bond acceptors (Lipinski definition) is 3. The minimum absolute atomic E-state index is 0.240. The van der Waals surface area contributed by atoms with Gasteiger partial charge in [-0.1, -0.05) is 22.9 Å². The second-order valence-corrected chi connectivity index (χ2v) is 3.79. The molecule has 0 heterocycles. The van der Waals surface area contributed by atoms with E-state index < -0.39 is 23.7 Å². The number of halogens is 1. The number of nitrogens with two attached hydrogens (primary N) is 1. The molecule has 0 fully saturated rings.